The van der Waals surface area contributed by atoms with Crippen molar-refractivity contribution >= 4 is 24.2 Å². The van der Waals surface area contributed by atoms with Crippen LogP contribution in [0.25, 0.3) is 0 Å². The van der Waals surface area contributed by atoms with E-state index >= 15 is 0 Å². The lowest BCUT2D eigenvalue weighted by Gasteiger charge is -2.52. The van der Waals surface area contributed by atoms with Crippen LogP contribution in [0.3, 0.4) is 0 Å². The monoisotopic (exact) mass is 300 g/mol. The van der Waals surface area contributed by atoms with Gasteiger partial charge in [-0.15, -0.1) is 0 Å². The van der Waals surface area contributed by atoms with Crippen molar-refractivity contribution in [1.82, 2.24) is 0 Å². The van der Waals surface area contributed by atoms with Gasteiger partial charge >= 0.3 is 0 Å². The van der Waals surface area contributed by atoms with Crippen molar-refractivity contribution in [2.45, 2.75) is 51.9 Å². The fourth-order valence-corrected chi connectivity index (χ4v) is 9.97. The zero-order valence-corrected chi connectivity index (χ0v) is 14.8. The molecule has 0 aliphatic rings. The first-order valence-corrected chi connectivity index (χ1v) is 8.88. The third kappa shape index (κ3) is 2.93. The number of hydrogen-bond donors (Lipinski definition) is 0. The third-order valence-electron chi connectivity index (χ3n) is 3.72. The quantitative estimate of drug-likeness (QED) is 0.544. The maximum absolute atomic E-state index is 6.41. The van der Waals surface area contributed by atoms with Crippen LogP contribution in [-0.4, -0.2) is 17.4 Å². The van der Waals surface area contributed by atoms with E-state index in [1.807, 2.05) is 11.7 Å². The Kier molecular flexibility index (Phi) is 4.97. The summed E-state index contributed by atoms with van der Waals surface area (Å²) in [6.45, 7) is 13.7. The molecule has 108 valence electrons. The molecule has 0 N–H and O–H groups in total. The van der Waals surface area contributed by atoms with Crippen LogP contribution in [0.1, 0.15) is 41.5 Å². The fourth-order valence-electron chi connectivity index (χ4n) is 2.96. The predicted octanol–water partition coefficient (Wildman–Crippen LogP) is 5.29. The molecule has 1 aromatic carbocycles. The van der Waals surface area contributed by atoms with E-state index in [9.17, 15) is 0 Å². The second-order valence-electron chi connectivity index (χ2n) is 6.86. The van der Waals surface area contributed by atoms with E-state index in [1.54, 1.807) is 7.11 Å². The van der Waals surface area contributed by atoms with Gasteiger partial charge in [0.05, 0.1) is 22.7 Å². The maximum Gasteiger partial charge on any atom is 0.122 e. The molecule has 0 bridgehead atoms. The minimum atomic E-state index is -1.68. The molecule has 0 aliphatic carbocycles. The van der Waals surface area contributed by atoms with E-state index in [4.69, 9.17) is 16.3 Å². The molecule has 1 aromatic rings. The summed E-state index contributed by atoms with van der Waals surface area (Å²) in [6.07, 6.45) is 0. The number of benzene rings is 1. The van der Waals surface area contributed by atoms with Crippen LogP contribution in [0.5, 0.6) is 5.75 Å². The molecule has 0 aromatic heterocycles. The molecular formula is C16H26ClOP. The van der Waals surface area contributed by atoms with Crippen molar-refractivity contribution in [3.8, 4) is 5.75 Å². The van der Waals surface area contributed by atoms with Crippen molar-refractivity contribution in [3.63, 3.8) is 0 Å². The summed E-state index contributed by atoms with van der Waals surface area (Å²) < 4.78 is 5.38. The summed E-state index contributed by atoms with van der Waals surface area (Å²) >= 11 is 6.41. The molecular weight excluding hydrogens is 275 g/mol. The van der Waals surface area contributed by atoms with Gasteiger partial charge in [0.2, 0.25) is 0 Å². The summed E-state index contributed by atoms with van der Waals surface area (Å²) in [5.41, 5.74) is 1.95. The number of rotatable bonds is 3. The number of ether oxygens (including phenoxy) is 1. The molecule has 3 heteroatoms. The van der Waals surface area contributed by atoms with Gasteiger partial charge in [-0.25, -0.2) is 0 Å². The normalized spacial score (nSPS) is 13.5. The van der Waals surface area contributed by atoms with E-state index in [1.165, 1.54) is 5.30 Å². The molecule has 0 radical (unpaired) electrons. The van der Waals surface area contributed by atoms with Gasteiger partial charge in [0.1, 0.15) is 5.75 Å². The lowest BCUT2D eigenvalue weighted by atomic mass is 10.2. The molecule has 0 atom stereocenters. The van der Waals surface area contributed by atoms with Crippen LogP contribution >= 0.6 is 18.9 Å². The summed E-state index contributed by atoms with van der Waals surface area (Å²) in [4.78, 5) is 0. The molecule has 19 heavy (non-hydrogen) atoms. The number of methoxy groups -OCH3 is 1. The Labute approximate surface area is 124 Å². The maximum atomic E-state index is 6.41. The largest absolute Gasteiger partial charge is 0.497 e. The van der Waals surface area contributed by atoms with E-state index < -0.39 is 7.26 Å². The molecule has 0 unspecified atom stereocenters. The molecule has 0 amide bonds. The van der Waals surface area contributed by atoms with Crippen molar-refractivity contribution < 1.29 is 4.74 Å². The first-order chi connectivity index (χ1) is 8.60. The summed E-state index contributed by atoms with van der Waals surface area (Å²) in [5, 5.41) is 1.53. The van der Waals surface area contributed by atoms with E-state index in [2.05, 4.69) is 59.7 Å². The Balaban J connectivity index is 3.55. The first-order valence-electron chi connectivity index (χ1n) is 6.58. The van der Waals surface area contributed by atoms with Gasteiger partial charge in [-0.1, -0.05) is 18.9 Å². The van der Waals surface area contributed by atoms with Crippen LogP contribution in [-0.2, 0) is 0 Å². The molecule has 1 rings (SSSR count). The van der Waals surface area contributed by atoms with Gasteiger partial charge < -0.3 is 16.3 Å². The smallest absolute Gasteiger partial charge is 0.122 e. The van der Waals surface area contributed by atoms with Crippen molar-refractivity contribution in [2.24, 2.45) is 0 Å². The number of hydrogen-bond acceptors (Lipinski definition) is 1. The van der Waals surface area contributed by atoms with Crippen LogP contribution < -0.4 is 10.0 Å². The molecule has 0 fully saturated rings. The van der Waals surface area contributed by atoms with Crippen LogP contribution in [0.4, 0.5) is 0 Å². The molecule has 0 heterocycles. The van der Waals surface area contributed by atoms with Crippen molar-refractivity contribution in [3.05, 3.63) is 29.9 Å². The molecule has 0 saturated heterocycles. The van der Waals surface area contributed by atoms with E-state index in [-0.39, 0.29) is 10.3 Å². The topological polar surface area (TPSA) is 9.23 Å². The molecule has 1 nitrogen and oxygen atoms in total. The zero-order chi connectivity index (χ0) is 14.9. The number of halogens is 1. The Morgan fingerprint density at radius 3 is 1.95 bits per heavy atom. The molecule has 0 saturated carbocycles. The highest BCUT2D eigenvalue weighted by atomic mass is 35.5. The average Bonchev–Trinajstić information content (AvgIpc) is 2.27. The SMILES string of the molecule is COc1cccc([P+]([CH-]Cl)(C(C)(C)C)C(C)(C)C)c1. The summed E-state index contributed by atoms with van der Waals surface area (Å²) in [6, 6.07) is 8.37. The van der Waals surface area contributed by atoms with Gasteiger partial charge in [-0.05, 0) is 53.7 Å². The van der Waals surface area contributed by atoms with Gasteiger partial charge in [0.25, 0.3) is 0 Å². The second-order valence-corrected chi connectivity index (χ2v) is 12.3. The highest BCUT2D eigenvalue weighted by Gasteiger charge is 2.52. The molecule has 0 spiro atoms. The van der Waals surface area contributed by atoms with Crippen LogP contribution in [0.2, 0.25) is 0 Å². The Hall–Kier alpha value is -0.260. The van der Waals surface area contributed by atoms with Gasteiger partial charge in [0, 0.05) is 6.07 Å². The van der Waals surface area contributed by atoms with E-state index in [0.717, 1.165) is 5.75 Å². The summed E-state index contributed by atoms with van der Waals surface area (Å²) in [5.74, 6) is 0.897. The highest BCUT2D eigenvalue weighted by Crippen LogP contribution is 2.78. The van der Waals surface area contributed by atoms with Gasteiger partial charge in [0.15, 0.2) is 0 Å². The molecule has 0 aliphatic heterocycles. The second kappa shape index (κ2) is 5.62. The third-order valence-corrected chi connectivity index (χ3v) is 10.2. The Morgan fingerprint density at radius 1 is 1.05 bits per heavy atom. The Morgan fingerprint density at radius 2 is 1.58 bits per heavy atom. The standard InChI is InChI=1S/C16H26ClOP/c1-15(2,3)19(12-17,16(4,5)6)14-10-8-9-13(11-14)18-7/h8-12H,1-7H3. The lowest BCUT2D eigenvalue weighted by Crippen LogP contribution is -2.39. The van der Waals surface area contributed by atoms with Gasteiger partial charge in [-0.2, -0.15) is 0 Å². The van der Waals surface area contributed by atoms with E-state index in [0.29, 0.717) is 0 Å². The minimum Gasteiger partial charge on any atom is -0.497 e. The highest BCUT2D eigenvalue weighted by molar-refractivity contribution is 7.88. The van der Waals surface area contributed by atoms with Crippen molar-refractivity contribution in [1.29, 1.82) is 0 Å². The first kappa shape index (κ1) is 16.8. The zero-order valence-electron chi connectivity index (χ0n) is 13.1. The van der Waals surface area contributed by atoms with Crippen LogP contribution in [0, 0.1) is 5.62 Å². The van der Waals surface area contributed by atoms with Crippen molar-refractivity contribution in [2.75, 3.05) is 7.11 Å². The summed E-state index contributed by atoms with van der Waals surface area (Å²) in [7, 11) is 0.0294. The fraction of sp³-hybridized carbons (Fsp3) is 0.562. The minimum absolute atomic E-state index is 0.110. The lowest BCUT2D eigenvalue weighted by molar-refractivity contribution is 0.415. The average molecular weight is 301 g/mol. The predicted molar refractivity (Wildman–Crippen MR) is 89.2 cm³/mol. The van der Waals surface area contributed by atoms with Crippen LogP contribution in [0.15, 0.2) is 24.3 Å². The Bertz CT molecular complexity index is 415. The van der Waals surface area contributed by atoms with Gasteiger partial charge in [-0.3, -0.25) is 0 Å².